The Morgan fingerprint density at radius 3 is 2.33 bits per heavy atom. The standard InChI is InChI=1S/C28H29N5O3/c1-18(2)25(27(34)36-3)33-26-21-14-8-10-16-23(21)30-24(32-26)17-29-28(35)31-22-15-9-7-13-20(22)19-11-5-4-6-12-19/h4-16,18,25H,17H2,1-3H3,(H2,29,31,35)(H,30,32,33)/t25-/m0/s1. The molecule has 8 nitrogen and oxygen atoms in total. The van der Waals surface area contributed by atoms with Crippen molar-refractivity contribution in [3.05, 3.63) is 84.7 Å². The highest BCUT2D eigenvalue weighted by Gasteiger charge is 2.24. The number of aromatic nitrogens is 2. The summed E-state index contributed by atoms with van der Waals surface area (Å²) in [6.07, 6.45) is 0. The zero-order valence-corrected chi connectivity index (χ0v) is 20.5. The van der Waals surface area contributed by atoms with Gasteiger partial charge in [-0.3, -0.25) is 0 Å². The monoisotopic (exact) mass is 483 g/mol. The molecule has 4 aromatic rings. The molecule has 0 fully saturated rings. The Bertz CT molecular complexity index is 1360. The summed E-state index contributed by atoms with van der Waals surface area (Å²) < 4.78 is 4.96. The lowest BCUT2D eigenvalue weighted by molar-refractivity contribution is -0.142. The number of hydrogen-bond acceptors (Lipinski definition) is 6. The van der Waals surface area contributed by atoms with Crippen LogP contribution < -0.4 is 16.0 Å². The number of para-hydroxylation sites is 2. The summed E-state index contributed by atoms with van der Waals surface area (Å²) in [7, 11) is 1.36. The van der Waals surface area contributed by atoms with Crippen LogP contribution in [-0.4, -0.2) is 35.1 Å². The van der Waals surface area contributed by atoms with Crippen molar-refractivity contribution in [1.29, 1.82) is 0 Å². The number of nitrogens with zero attached hydrogens (tertiary/aromatic N) is 2. The summed E-state index contributed by atoms with van der Waals surface area (Å²) in [6, 6.07) is 24.0. The molecular weight excluding hydrogens is 454 g/mol. The van der Waals surface area contributed by atoms with E-state index >= 15 is 0 Å². The number of ether oxygens (including phenoxy) is 1. The van der Waals surface area contributed by atoms with Crippen LogP contribution in [0.2, 0.25) is 0 Å². The van der Waals surface area contributed by atoms with Gasteiger partial charge in [0.25, 0.3) is 0 Å². The average Bonchev–Trinajstić information content (AvgIpc) is 2.90. The Labute approximate surface area is 210 Å². The van der Waals surface area contributed by atoms with Crippen molar-refractivity contribution in [3.8, 4) is 11.1 Å². The third-order valence-electron chi connectivity index (χ3n) is 5.73. The Morgan fingerprint density at radius 1 is 0.889 bits per heavy atom. The van der Waals surface area contributed by atoms with Crippen LogP contribution in [0.5, 0.6) is 0 Å². The molecule has 0 spiro atoms. The van der Waals surface area contributed by atoms with Gasteiger partial charge in [0, 0.05) is 10.9 Å². The Hall–Kier alpha value is -4.46. The van der Waals surface area contributed by atoms with Gasteiger partial charge in [0.1, 0.15) is 11.9 Å². The molecule has 0 aliphatic heterocycles. The van der Waals surface area contributed by atoms with Crippen molar-refractivity contribution in [2.24, 2.45) is 5.92 Å². The molecule has 0 saturated heterocycles. The molecule has 4 rings (SSSR count). The maximum Gasteiger partial charge on any atom is 0.328 e. The molecule has 0 aliphatic carbocycles. The lowest BCUT2D eigenvalue weighted by atomic mass is 10.0. The maximum absolute atomic E-state index is 12.8. The largest absolute Gasteiger partial charge is 0.467 e. The highest BCUT2D eigenvalue weighted by molar-refractivity contribution is 5.94. The van der Waals surface area contributed by atoms with Gasteiger partial charge in [-0.2, -0.15) is 0 Å². The number of benzene rings is 3. The van der Waals surface area contributed by atoms with Gasteiger partial charge in [0.15, 0.2) is 5.82 Å². The van der Waals surface area contributed by atoms with Crippen LogP contribution in [0.25, 0.3) is 22.0 Å². The van der Waals surface area contributed by atoms with Gasteiger partial charge in [0.2, 0.25) is 0 Å². The second-order valence-electron chi connectivity index (χ2n) is 8.61. The first-order valence-electron chi connectivity index (χ1n) is 11.8. The molecule has 0 aliphatic rings. The SMILES string of the molecule is COC(=O)[C@@H](Nc1nc(CNC(=O)Nc2ccccc2-c2ccccc2)nc2ccccc12)C(C)C. The topological polar surface area (TPSA) is 105 Å². The summed E-state index contributed by atoms with van der Waals surface area (Å²) in [4.78, 5) is 34.3. The first-order valence-corrected chi connectivity index (χ1v) is 11.8. The third-order valence-corrected chi connectivity index (χ3v) is 5.73. The molecular formula is C28H29N5O3. The van der Waals surface area contributed by atoms with Gasteiger partial charge < -0.3 is 20.7 Å². The summed E-state index contributed by atoms with van der Waals surface area (Å²) >= 11 is 0. The maximum atomic E-state index is 12.8. The van der Waals surface area contributed by atoms with Crippen molar-refractivity contribution >= 4 is 34.4 Å². The Morgan fingerprint density at radius 2 is 1.58 bits per heavy atom. The van der Waals surface area contributed by atoms with Crippen LogP contribution >= 0.6 is 0 Å². The van der Waals surface area contributed by atoms with E-state index in [0.29, 0.717) is 22.8 Å². The quantitative estimate of drug-likeness (QED) is 0.297. The Balaban J connectivity index is 1.52. The van der Waals surface area contributed by atoms with Crippen molar-refractivity contribution in [2.45, 2.75) is 26.4 Å². The fraction of sp³-hybridized carbons (Fsp3) is 0.214. The molecule has 3 N–H and O–H groups in total. The fourth-order valence-corrected chi connectivity index (χ4v) is 3.87. The van der Waals surface area contributed by atoms with Crippen LogP contribution in [0, 0.1) is 5.92 Å². The van der Waals surface area contributed by atoms with Crippen molar-refractivity contribution in [3.63, 3.8) is 0 Å². The molecule has 1 aromatic heterocycles. The molecule has 2 amide bonds. The van der Waals surface area contributed by atoms with Crippen LogP contribution in [0.3, 0.4) is 0 Å². The number of amides is 2. The number of methoxy groups -OCH3 is 1. The number of nitrogens with one attached hydrogen (secondary N) is 3. The van der Waals surface area contributed by atoms with Gasteiger partial charge in [-0.15, -0.1) is 0 Å². The van der Waals surface area contributed by atoms with E-state index in [-0.39, 0.29) is 24.5 Å². The smallest absolute Gasteiger partial charge is 0.328 e. The Kier molecular flexibility index (Phi) is 7.75. The van der Waals surface area contributed by atoms with E-state index < -0.39 is 6.04 Å². The van der Waals surface area contributed by atoms with Crippen LogP contribution in [0.1, 0.15) is 19.7 Å². The molecule has 0 saturated carbocycles. The summed E-state index contributed by atoms with van der Waals surface area (Å²) in [5, 5.41) is 9.74. The van der Waals surface area contributed by atoms with Gasteiger partial charge in [-0.05, 0) is 29.7 Å². The average molecular weight is 484 g/mol. The molecule has 1 atom stereocenters. The predicted molar refractivity (Wildman–Crippen MR) is 142 cm³/mol. The van der Waals surface area contributed by atoms with Crippen LogP contribution in [-0.2, 0) is 16.1 Å². The van der Waals surface area contributed by atoms with E-state index in [2.05, 4.69) is 25.9 Å². The minimum absolute atomic E-state index is 0.0248. The molecule has 184 valence electrons. The van der Waals surface area contributed by atoms with Crippen LogP contribution in [0.4, 0.5) is 16.3 Å². The molecule has 1 heterocycles. The first kappa shape index (κ1) is 24.7. The lowest BCUT2D eigenvalue weighted by Crippen LogP contribution is -2.36. The number of carbonyl (C=O) groups excluding carboxylic acids is 2. The molecule has 0 radical (unpaired) electrons. The third kappa shape index (κ3) is 5.78. The minimum Gasteiger partial charge on any atom is -0.467 e. The molecule has 36 heavy (non-hydrogen) atoms. The number of anilines is 2. The lowest BCUT2D eigenvalue weighted by Gasteiger charge is -2.21. The van der Waals surface area contributed by atoms with E-state index in [1.807, 2.05) is 92.7 Å². The van der Waals surface area contributed by atoms with E-state index in [4.69, 9.17) is 4.74 Å². The molecule has 8 heteroatoms. The van der Waals surface area contributed by atoms with E-state index in [0.717, 1.165) is 16.5 Å². The van der Waals surface area contributed by atoms with Gasteiger partial charge >= 0.3 is 12.0 Å². The molecule has 3 aromatic carbocycles. The summed E-state index contributed by atoms with van der Waals surface area (Å²) in [5.41, 5.74) is 3.33. The zero-order chi connectivity index (χ0) is 25.5. The normalized spacial score (nSPS) is 11.7. The fourth-order valence-electron chi connectivity index (χ4n) is 3.87. The summed E-state index contributed by atoms with van der Waals surface area (Å²) in [6.45, 7) is 3.96. The second-order valence-corrected chi connectivity index (χ2v) is 8.61. The number of fused-ring (bicyclic) bond motifs is 1. The van der Waals surface area contributed by atoms with E-state index in [1.54, 1.807) is 0 Å². The first-order chi connectivity index (χ1) is 17.5. The highest BCUT2D eigenvalue weighted by Crippen LogP contribution is 2.27. The number of urea groups is 1. The van der Waals surface area contributed by atoms with Gasteiger partial charge in [0.05, 0.1) is 24.9 Å². The highest BCUT2D eigenvalue weighted by atomic mass is 16.5. The number of esters is 1. The number of carbonyl (C=O) groups is 2. The van der Waals surface area contributed by atoms with E-state index in [1.165, 1.54) is 7.11 Å². The van der Waals surface area contributed by atoms with E-state index in [9.17, 15) is 9.59 Å². The van der Waals surface area contributed by atoms with Gasteiger partial charge in [-0.25, -0.2) is 19.6 Å². The van der Waals surface area contributed by atoms with Crippen molar-refractivity contribution in [2.75, 3.05) is 17.7 Å². The summed E-state index contributed by atoms with van der Waals surface area (Å²) in [5.74, 6) is 0.526. The second kappa shape index (κ2) is 11.3. The van der Waals surface area contributed by atoms with Crippen molar-refractivity contribution < 1.29 is 14.3 Å². The number of rotatable bonds is 8. The predicted octanol–water partition coefficient (Wildman–Crippen LogP) is 5.23. The molecule has 0 bridgehead atoms. The van der Waals surface area contributed by atoms with Gasteiger partial charge in [-0.1, -0.05) is 74.5 Å². The zero-order valence-electron chi connectivity index (χ0n) is 20.5. The number of hydrogen-bond donors (Lipinski definition) is 3. The van der Waals surface area contributed by atoms with Crippen LogP contribution in [0.15, 0.2) is 78.9 Å². The molecule has 0 unspecified atom stereocenters. The minimum atomic E-state index is -0.577. The van der Waals surface area contributed by atoms with Crippen molar-refractivity contribution in [1.82, 2.24) is 15.3 Å².